The van der Waals surface area contributed by atoms with Crippen molar-refractivity contribution in [1.82, 2.24) is 14.6 Å². The quantitative estimate of drug-likeness (QED) is 0.635. The van der Waals surface area contributed by atoms with Gasteiger partial charge in [0.25, 0.3) is 5.91 Å². The van der Waals surface area contributed by atoms with Crippen molar-refractivity contribution in [3.05, 3.63) is 66.4 Å². The molecule has 162 valence electrons. The summed E-state index contributed by atoms with van der Waals surface area (Å²) < 4.78 is 31.3. The fourth-order valence-electron chi connectivity index (χ4n) is 3.85. The minimum atomic E-state index is -3.25. The van der Waals surface area contributed by atoms with Crippen molar-refractivity contribution in [1.29, 1.82) is 0 Å². The summed E-state index contributed by atoms with van der Waals surface area (Å²) in [5.74, 6) is 1.03. The molecule has 31 heavy (non-hydrogen) atoms. The zero-order valence-electron chi connectivity index (χ0n) is 17.3. The Morgan fingerprint density at radius 3 is 2.68 bits per heavy atom. The highest BCUT2D eigenvalue weighted by Gasteiger charge is 2.27. The third-order valence-corrected chi connectivity index (χ3v) is 6.08. The van der Waals surface area contributed by atoms with E-state index < -0.39 is 10.0 Å². The van der Waals surface area contributed by atoms with Gasteiger partial charge in [-0.2, -0.15) is 0 Å². The standard InChI is InChI=1S/C23H25N3O4S/c1-31(28,29)25-14-17-8-7-13-26(16-17)23(27)20-12-6-5-11-19(20)22-24-15-21(30-22)18-9-3-2-4-10-18/h2-6,9-12,15,17,25H,7-8,13-14,16H2,1H3. The molecule has 0 spiro atoms. The number of nitrogens with one attached hydrogen (secondary N) is 1. The van der Waals surface area contributed by atoms with E-state index in [0.717, 1.165) is 24.7 Å². The monoisotopic (exact) mass is 439 g/mol. The fourth-order valence-corrected chi connectivity index (χ4v) is 4.38. The maximum absolute atomic E-state index is 13.3. The van der Waals surface area contributed by atoms with Crippen molar-refractivity contribution in [3.63, 3.8) is 0 Å². The molecule has 8 heteroatoms. The van der Waals surface area contributed by atoms with Gasteiger partial charge in [0.1, 0.15) is 0 Å². The molecule has 7 nitrogen and oxygen atoms in total. The van der Waals surface area contributed by atoms with Crippen molar-refractivity contribution in [2.45, 2.75) is 12.8 Å². The number of rotatable bonds is 6. The van der Waals surface area contributed by atoms with Crippen LogP contribution in [0, 0.1) is 5.92 Å². The predicted octanol–water partition coefficient (Wildman–Crippen LogP) is 3.41. The van der Waals surface area contributed by atoms with Gasteiger partial charge in [-0.25, -0.2) is 18.1 Å². The Bertz CT molecular complexity index is 1160. The highest BCUT2D eigenvalue weighted by molar-refractivity contribution is 7.88. The fraction of sp³-hybridized carbons (Fsp3) is 0.304. The maximum atomic E-state index is 13.3. The molecule has 0 radical (unpaired) electrons. The number of aromatic nitrogens is 1. The van der Waals surface area contributed by atoms with Crippen LogP contribution in [0.3, 0.4) is 0 Å². The van der Waals surface area contributed by atoms with E-state index in [9.17, 15) is 13.2 Å². The van der Waals surface area contributed by atoms with E-state index >= 15 is 0 Å². The number of carbonyl (C=O) groups is 1. The van der Waals surface area contributed by atoms with Crippen LogP contribution < -0.4 is 4.72 Å². The summed E-state index contributed by atoms with van der Waals surface area (Å²) in [6.45, 7) is 1.49. The van der Waals surface area contributed by atoms with E-state index in [1.807, 2.05) is 48.5 Å². The molecule has 1 N–H and O–H groups in total. The first-order valence-corrected chi connectivity index (χ1v) is 12.1. The van der Waals surface area contributed by atoms with Crippen LogP contribution in [-0.4, -0.2) is 50.1 Å². The van der Waals surface area contributed by atoms with Gasteiger partial charge in [-0.05, 0) is 30.9 Å². The molecule has 4 rings (SSSR count). The van der Waals surface area contributed by atoms with E-state index in [2.05, 4.69) is 9.71 Å². The number of hydrogen-bond donors (Lipinski definition) is 1. The van der Waals surface area contributed by atoms with Gasteiger partial charge in [-0.1, -0.05) is 42.5 Å². The Morgan fingerprint density at radius 1 is 1.16 bits per heavy atom. The Hall–Kier alpha value is -2.97. The van der Waals surface area contributed by atoms with Crippen LogP contribution in [0.2, 0.25) is 0 Å². The molecule has 1 amide bonds. The zero-order valence-corrected chi connectivity index (χ0v) is 18.1. The smallest absolute Gasteiger partial charge is 0.254 e. The number of hydrogen-bond acceptors (Lipinski definition) is 5. The minimum absolute atomic E-state index is 0.0889. The number of likely N-dealkylation sites (tertiary alicyclic amines) is 1. The highest BCUT2D eigenvalue weighted by Crippen LogP contribution is 2.29. The van der Waals surface area contributed by atoms with Crippen LogP contribution in [0.15, 0.2) is 65.2 Å². The average Bonchev–Trinajstić information content (AvgIpc) is 3.28. The molecule has 0 aliphatic carbocycles. The molecule has 1 aliphatic heterocycles. The summed E-state index contributed by atoms with van der Waals surface area (Å²) in [7, 11) is -3.25. The van der Waals surface area contributed by atoms with Crippen molar-refractivity contribution < 1.29 is 17.6 Å². The Morgan fingerprint density at radius 2 is 1.90 bits per heavy atom. The van der Waals surface area contributed by atoms with Gasteiger partial charge in [-0.15, -0.1) is 0 Å². The van der Waals surface area contributed by atoms with Crippen LogP contribution in [0.4, 0.5) is 0 Å². The second kappa shape index (κ2) is 9.03. The van der Waals surface area contributed by atoms with Crippen LogP contribution >= 0.6 is 0 Å². The summed E-state index contributed by atoms with van der Waals surface area (Å²) in [5, 5.41) is 0. The lowest BCUT2D eigenvalue weighted by Crippen LogP contribution is -2.43. The number of piperidine rings is 1. The van der Waals surface area contributed by atoms with E-state index in [1.165, 1.54) is 0 Å². The summed E-state index contributed by atoms with van der Waals surface area (Å²) in [6.07, 6.45) is 4.53. The van der Waals surface area contributed by atoms with Gasteiger partial charge in [0.2, 0.25) is 15.9 Å². The molecule has 1 fully saturated rings. The first-order chi connectivity index (χ1) is 14.9. The number of sulfonamides is 1. The number of carbonyl (C=O) groups excluding carboxylic acids is 1. The molecule has 1 aliphatic rings. The molecule has 0 bridgehead atoms. The summed E-state index contributed by atoms with van der Waals surface area (Å²) >= 11 is 0. The topological polar surface area (TPSA) is 92.5 Å². The second-order valence-corrected chi connectivity index (χ2v) is 9.65. The van der Waals surface area contributed by atoms with E-state index in [1.54, 1.807) is 17.2 Å². The third-order valence-electron chi connectivity index (χ3n) is 5.39. The highest BCUT2D eigenvalue weighted by atomic mass is 32.2. The summed E-state index contributed by atoms with van der Waals surface area (Å²) in [4.78, 5) is 19.5. The number of benzene rings is 2. The minimum Gasteiger partial charge on any atom is -0.436 e. The van der Waals surface area contributed by atoms with Crippen molar-refractivity contribution in [3.8, 4) is 22.8 Å². The van der Waals surface area contributed by atoms with Crippen molar-refractivity contribution >= 4 is 15.9 Å². The summed E-state index contributed by atoms with van der Waals surface area (Å²) in [6, 6.07) is 17.0. The first-order valence-electron chi connectivity index (χ1n) is 10.3. The van der Waals surface area contributed by atoms with Gasteiger partial charge in [0.15, 0.2) is 5.76 Å². The van der Waals surface area contributed by atoms with Crippen LogP contribution in [0.5, 0.6) is 0 Å². The molecule has 3 aromatic rings. The van der Waals surface area contributed by atoms with Crippen molar-refractivity contribution in [2.24, 2.45) is 5.92 Å². The van der Waals surface area contributed by atoms with Gasteiger partial charge >= 0.3 is 0 Å². The maximum Gasteiger partial charge on any atom is 0.254 e. The number of nitrogens with zero attached hydrogens (tertiary/aromatic N) is 2. The molecule has 1 atom stereocenters. The van der Waals surface area contributed by atoms with Crippen LogP contribution in [0.25, 0.3) is 22.8 Å². The van der Waals surface area contributed by atoms with Gasteiger partial charge < -0.3 is 9.32 Å². The Labute approximate surface area is 182 Å². The Balaban J connectivity index is 1.54. The van der Waals surface area contributed by atoms with Gasteiger partial charge in [0, 0.05) is 30.8 Å². The normalized spacial score (nSPS) is 16.9. The van der Waals surface area contributed by atoms with E-state index in [0.29, 0.717) is 42.4 Å². The number of amides is 1. The largest absolute Gasteiger partial charge is 0.436 e. The lowest BCUT2D eigenvalue weighted by atomic mass is 9.97. The van der Waals surface area contributed by atoms with Crippen LogP contribution in [-0.2, 0) is 10.0 Å². The molecular formula is C23H25N3O4S. The summed E-state index contributed by atoms with van der Waals surface area (Å²) in [5.41, 5.74) is 2.09. The molecule has 2 aromatic carbocycles. The molecule has 1 aromatic heterocycles. The SMILES string of the molecule is CS(=O)(=O)NCC1CCCN(C(=O)c2ccccc2-c2ncc(-c3ccccc3)o2)C1. The van der Waals surface area contributed by atoms with Gasteiger partial charge in [0.05, 0.1) is 18.0 Å². The second-order valence-electron chi connectivity index (χ2n) is 7.82. The number of oxazole rings is 1. The third kappa shape index (κ3) is 5.21. The van der Waals surface area contributed by atoms with Gasteiger partial charge in [-0.3, -0.25) is 4.79 Å². The lowest BCUT2D eigenvalue weighted by molar-refractivity contribution is 0.0677. The molecule has 2 heterocycles. The van der Waals surface area contributed by atoms with E-state index in [4.69, 9.17) is 4.42 Å². The molecular weight excluding hydrogens is 414 g/mol. The van der Waals surface area contributed by atoms with Crippen LogP contribution in [0.1, 0.15) is 23.2 Å². The lowest BCUT2D eigenvalue weighted by Gasteiger charge is -2.33. The average molecular weight is 440 g/mol. The predicted molar refractivity (Wildman–Crippen MR) is 119 cm³/mol. The molecule has 1 saturated heterocycles. The molecule has 1 unspecified atom stereocenters. The van der Waals surface area contributed by atoms with E-state index in [-0.39, 0.29) is 11.8 Å². The Kier molecular flexibility index (Phi) is 6.20. The van der Waals surface area contributed by atoms with Crippen molar-refractivity contribution in [2.75, 3.05) is 25.9 Å². The first kappa shape index (κ1) is 21.3. The molecule has 0 saturated carbocycles. The zero-order chi connectivity index (χ0) is 21.8.